The largest absolute Gasteiger partial charge is 0.459 e. The summed E-state index contributed by atoms with van der Waals surface area (Å²) >= 11 is 0. The Hall–Kier alpha value is -2.63. The molecule has 2 aromatic rings. The van der Waals surface area contributed by atoms with Crippen LogP contribution in [0.5, 0.6) is 0 Å². The van der Waals surface area contributed by atoms with Crippen LogP contribution in [0.1, 0.15) is 16.1 Å². The van der Waals surface area contributed by atoms with Gasteiger partial charge in [-0.3, -0.25) is 9.59 Å². The Bertz CT molecular complexity index is 611. The summed E-state index contributed by atoms with van der Waals surface area (Å²) in [4.78, 5) is 23.1. The van der Waals surface area contributed by atoms with Crippen molar-refractivity contribution in [2.75, 3.05) is 13.1 Å². The maximum atomic E-state index is 13.4. The summed E-state index contributed by atoms with van der Waals surface area (Å²) in [5.41, 5.74) is 0.342. The minimum atomic E-state index is -0.404. The van der Waals surface area contributed by atoms with E-state index in [0.29, 0.717) is 5.56 Å². The zero-order valence-corrected chi connectivity index (χ0v) is 11.3. The molecular weight excluding hydrogens is 275 g/mol. The zero-order valence-electron chi connectivity index (χ0n) is 11.3. The fraction of sp³-hybridized carbons (Fsp3) is 0.200. The van der Waals surface area contributed by atoms with E-state index in [1.165, 1.54) is 12.3 Å². The molecule has 5 nitrogen and oxygen atoms in total. The summed E-state index contributed by atoms with van der Waals surface area (Å²) < 4.78 is 18.3. The van der Waals surface area contributed by atoms with Gasteiger partial charge in [0, 0.05) is 13.1 Å². The molecule has 6 heteroatoms. The van der Waals surface area contributed by atoms with Gasteiger partial charge in [-0.1, -0.05) is 18.2 Å². The number of nitrogens with one attached hydrogen (secondary N) is 2. The van der Waals surface area contributed by atoms with Gasteiger partial charge in [0.2, 0.25) is 5.91 Å². The molecule has 0 aliphatic carbocycles. The van der Waals surface area contributed by atoms with Crippen molar-refractivity contribution in [3.05, 3.63) is 59.8 Å². The maximum absolute atomic E-state index is 13.4. The van der Waals surface area contributed by atoms with Crippen LogP contribution in [0.3, 0.4) is 0 Å². The molecule has 21 heavy (non-hydrogen) atoms. The number of carbonyl (C=O) groups is 2. The maximum Gasteiger partial charge on any atom is 0.287 e. The average Bonchev–Trinajstić information content (AvgIpc) is 3.00. The highest BCUT2D eigenvalue weighted by Crippen LogP contribution is 2.06. The third kappa shape index (κ3) is 4.45. The van der Waals surface area contributed by atoms with Gasteiger partial charge in [-0.05, 0) is 23.8 Å². The molecule has 0 fully saturated rings. The van der Waals surface area contributed by atoms with Crippen molar-refractivity contribution in [3.63, 3.8) is 0 Å². The molecule has 0 aliphatic heterocycles. The molecule has 110 valence electrons. The summed E-state index contributed by atoms with van der Waals surface area (Å²) in [7, 11) is 0. The van der Waals surface area contributed by atoms with Gasteiger partial charge in [-0.15, -0.1) is 0 Å². The van der Waals surface area contributed by atoms with Gasteiger partial charge in [-0.25, -0.2) is 4.39 Å². The van der Waals surface area contributed by atoms with Crippen molar-refractivity contribution in [2.24, 2.45) is 0 Å². The van der Waals surface area contributed by atoms with Crippen LogP contribution in [0.25, 0.3) is 0 Å². The van der Waals surface area contributed by atoms with E-state index in [-0.39, 0.29) is 37.1 Å². The van der Waals surface area contributed by atoms with Crippen molar-refractivity contribution >= 4 is 11.8 Å². The van der Waals surface area contributed by atoms with Crippen molar-refractivity contribution in [2.45, 2.75) is 6.42 Å². The highest BCUT2D eigenvalue weighted by Gasteiger charge is 2.09. The van der Waals surface area contributed by atoms with Gasteiger partial charge in [-0.2, -0.15) is 0 Å². The number of hydrogen-bond donors (Lipinski definition) is 2. The Morgan fingerprint density at radius 1 is 1.05 bits per heavy atom. The molecule has 0 radical (unpaired) electrons. The van der Waals surface area contributed by atoms with E-state index in [4.69, 9.17) is 4.42 Å². The molecule has 0 atom stereocenters. The van der Waals surface area contributed by atoms with Gasteiger partial charge in [0.15, 0.2) is 5.76 Å². The molecule has 0 bridgehead atoms. The second-order valence-electron chi connectivity index (χ2n) is 4.35. The van der Waals surface area contributed by atoms with Crippen LogP contribution in [0.4, 0.5) is 4.39 Å². The third-order valence-electron chi connectivity index (χ3n) is 2.79. The normalized spacial score (nSPS) is 10.1. The van der Waals surface area contributed by atoms with Crippen LogP contribution in [0, 0.1) is 5.82 Å². The Balaban J connectivity index is 1.68. The highest BCUT2D eigenvalue weighted by molar-refractivity contribution is 5.91. The lowest BCUT2D eigenvalue weighted by molar-refractivity contribution is -0.120. The molecule has 0 saturated heterocycles. The summed E-state index contributed by atoms with van der Waals surface area (Å²) in [6, 6.07) is 9.28. The van der Waals surface area contributed by atoms with Crippen LogP contribution in [-0.2, 0) is 11.2 Å². The van der Waals surface area contributed by atoms with Crippen molar-refractivity contribution < 1.29 is 18.4 Å². The van der Waals surface area contributed by atoms with Crippen LogP contribution >= 0.6 is 0 Å². The Kier molecular flexibility index (Phi) is 5.09. The first-order chi connectivity index (χ1) is 10.2. The summed E-state index contributed by atoms with van der Waals surface area (Å²) in [5, 5.41) is 5.20. The van der Waals surface area contributed by atoms with Crippen molar-refractivity contribution in [3.8, 4) is 0 Å². The number of rotatable bonds is 6. The third-order valence-corrected chi connectivity index (χ3v) is 2.79. The highest BCUT2D eigenvalue weighted by atomic mass is 19.1. The first kappa shape index (κ1) is 14.8. The lowest BCUT2D eigenvalue weighted by Gasteiger charge is -2.06. The van der Waals surface area contributed by atoms with Gasteiger partial charge in [0.25, 0.3) is 5.91 Å². The molecule has 1 heterocycles. The molecule has 1 aromatic heterocycles. The number of hydrogen-bond acceptors (Lipinski definition) is 3. The van der Waals surface area contributed by atoms with Crippen molar-refractivity contribution in [1.29, 1.82) is 0 Å². The zero-order chi connectivity index (χ0) is 15.1. The SMILES string of the molecule is O=C(Cc1ccccc1F)NCCNC(=O)c1ccco1. The smallest absolute Gasteiger partial charge is 0.287 e. The quantitative estimate of drug-likeness (QED) is 0.792. The monoisotopic (exact) mass is 290 g/mol. The van der Waals surface area contributed by atoms with E-state index in [1.807, 2.05) is 0 Å². The molecule has 0 aliphatic rings. The molecule has 2 rings (SSSR count). The number of carbonyl (C=O) groups excluding carboxylic acids is 2. The first-order valence-corrected chi connectivity index (χ1v) is 6.48. The van der Waals surface area contributed by atoms with Crippen LogP contribution in [0.15, 0.2) is 47.1 Å². The van der Waals surface area contributed by atoms with Crippen LogP contribution in [-0.4, -0.2) is 24.9 Å². The van der Waals surface area contributed by atoms with E-state index < -0.39 is 5.82 Å². The number of benzene rings is 1. The average molecular weight is 290 g/mol. The van der Waals surface area contributed by atoms with Gasteiger partial charge in [0.1, 0.15) is 5.82 Å². The standard InChI is InChI=1S/C15H15FN2O3/c16-12-5-2-1-4-11(12)10-14(19)17-7-8-18-15(20)13-6-3-9-21-13/h1-6,9H,7-8,10H2,(H,17,19)(H,18,20). The number of halogens is 1. The first-order valence-electron chi connectivity index (χ1n) is 6.48. The van der Waals surface area contributed by atoms with Gasteiger partial charge < -0.3 is 15.1 Å². The second kappa shape index (κ2) is 7.23. The van der Waals surface area contributed by atoms with E-state index in [2.05, 4.69) is 10.6 Å². The predicted octanol–water partition coefficient (Wildman–Crippen LogP) is 1.51. The lowest BCUT2D eigenvalue weighted by Crippen LogP contribution is -2.35. The fourth-order valence-corrected chi connectivity index (χ4v) is 1.75. The molecule has 1 aromatic carbocycles. The lowest BCUT2D eigenvalue weighted by atomic mass is 10.1. The van der Waals surface area contributed by atoms with Gasteiger partial charge in [0.05, 0.1) is 12.7 Å². The Morgan fingerprint density at radius 3 is 2.52 bits per heavy atom. The number of amides is 2. The van der Waals surface area contributed by atoms with Gasteiger partial charge >= 0.3 is 0 Å². The minimum absolute atomic E-state index is 0.0290. The summed E-state index contributed by atoms with van der Waals surface area (Å²) in [6.45, 7) is 0.530. The summed E-state index contributed by atoms with van der Waals surface area (Å²) in [6.07, 6.45) is 1.38. The van der Waals surface area contributed by atoms with Crippen LogP contribution in [0.2, 0.25) is 0 Å². The molecule has 0 saturated carbocycles. The minimum Gasteiger partial charge on any atom is -0.459 e. The Morgan fingerprint density at radius 2 is 1.81 bits per heavy atom. The second-order valence-corrected chi connectivity index (χ2v) is 4.35. The fourth-order valence-electron chi connectivity index (χ4n) is 1.75. The Labute approximate surface area is 121 Å². The summed E-state index contributed by atoms with van der Waals surface area (Å²) in [5.74, 6) is -0.831. The molecule has 2 amide bonds. The topological polar surface area (TPSA) is 71.3 Å². The van der Waals surface area contributed by atoms with Crippen LogP contribution < -0.4 is 10.6 Å². The molecule has 2 N–H and O–H groups in total. The molecule has 0 unspecified atom stereocenters. The van der Waals surface area contributed by atoms with E-state index in [1.54, 1.807) is 30.3 Å². The van der Waals surface area contributed by atoms with E-state index >= 15 is 0 Å². The van der Waals surface area contributed by atoms with E-state index in [0.717, 1.165) is 0 Å². The van der Waals surface area contributed by atoms with E-state index in [9.17, 15) is 14.0 Å². The molecule has 0 spiro atoms. The molecular formula is C15H15FN2O3. The number of furan rings is 1. The predicted molar refractivity (Wildman–Crippen MR) is 74.2 cm³/mol. The van der Waals surface area contributed by atoms with Crippen molar-refractivity contribution in [1.82, 2.24) is 10.6 Å².